The van der Waals surface area contributed by atoms with Crippen LogP contribution in [0.1, 0.15) is 24.4 Å². The van der Waals surface area contributed by atoms with Crippen molar-refractivity contribution in [2.75, 3.05) is 33.4 Å². The Morgan fingerprint density at radius 1 is 1.28 bits per heavy atom. The molecule has 2 heterocycles. The second-order valence-corrected chi connectivity index (χ2v) is 6.87. The first-order valence-corrected chi connectivity index (χ1v) is 9.50. The Hall–Kier alpha value is -2.05. The average molecular weight is 360 g/mol. The first kappa shape index (κ1) is 17.8. The summed E-state index contributed by atoms with van der Waals surface area (Å²) in [7, 11) is 1.61. The van der Waals surface area contributed by atoms with E-state index in [1.54, 1.807) is 24.5 Å². The summed E-state index contributed by atoms with van der Waals surface area (Å²) < 4.78 is 10.7. The molecule has 2 aromatic rings. The van der Waals surface area contributed by atoms with E-state index in [1.807, 2.05) is 18.2 Å². The van der Waals surface area contributed by atoms with Crippen molar-refractivity contribution < 1.29 is 14.3 Å². The molecule has 1 aliphatic heterocycles. The maximum absolute atomic E-state index is 12.2. The third-order valence-electron chi connectivity index (χ3n) is 4.41. The number of nitrogens with one attached hydrogen (secondary N) is 1. The molecule has 1 aromatic carbocycles. The summed E-state index contributed by atoms with van der Waals surface area (Å²) in [5.41, 5.74) is 1.28. The minimum Gasteiger partial charge on any atom is -0.497 e. The lowest BCUT2D eigenvalue weighted by molar-refractivity contribution is -0.123. The standard InChI is InChI=1S/C19H24N2O3S/c1-23-16-5-4-6-17(11-16)24-13-19(22)20-12-18(15-7-10-25-14-15)21-8-2-3-9-21/h4-7,10-11,14,18H,2-3,8-9,12-13H2,1H3,(H,20,22). The normalized spacial score (nSPS) is 15.7. The van der Waals surface area contributed by atoms with E-state index in [-0.39, 0.29) is 18.6 Å². The van der Waals surface area contributed by atoms with Gasteiger partial charge in [0, 0.05) is 12.6 Å². The zero-order valence-electron chi connectivity index (χ0n) is 14.4. The molecule has 6 heteroatoms. The molecule has 1 aromatic heterocycles. The van der Waals surface area contributed by atoms with Crippen LogP contribution in [0.25, 0.3) is 0 Å². The van der Waals surface area contributed by atoms with Crippen molar-refractivity contribution >= 4 is 17.2 Å². The quantitative estimate of drug-likeness (QED) is 0.786. The van der Waals surface area contributed by atoms with Crippen LogP contribution in [0.3, 0.4) is 0 Å². The molecular weight excluding hydrogens is 336 g/mol. The topological polar surface area (TPSA) is 50.8 Å². The molecule has 1 atom stereocenters. The summed E-state index contributed by atoms with van der Waals surface area (Å²) in [6.45, 7) is 2.80. The van der Waals surface area contributed by atoms with Crippen molar-refractivity contribution in [3.8, 4) is 11.5 Å². The molecule has 0 radical (unpaired) electrons. The molecule has 1 aliphatic rings. The number of hydrogen-bond acceptors (Lipinski definition) is 5. The minimum atomic E-state index is -0.109. The second kappa shape index (κ2) is 8.87. The van der Waals surface area contributed by atoms with Crippen LogP contribution >= 0.6 is 11.3 Å². The van der Waals surface area contributed by atoms with Crippen LogP contribution in [0.4, 0.5) is 0 Å². The average Bonchev–Trinajstić information content (AvgIpc) is 3.35. The third-order valence-corrected chi connectivity index (χ3v) is 5.11. The molecule has 1 amide bonds. The van der Waals surface area contributed by atoms with Crippen LogP contribution in [-0.4, -0.2) is 44.2 Å². The number of carbonyl (C=O) groups is 1. The minimum absolute atomic E-state index is 0.00350. The Balaban J connectivity index is 1.51. The fraction of sp³-hybridized carbons (Fsp3) is 0.421. The molecule has 1 fully saturated rings. The molecule has 1 saturated heterocycles. The van der Waals surface area contributed by atoms with Gasteiger partial charge in [0.25, 0.3) is 5.91 Å². The van der Waals surface area contributed by atoms with Gasteiger partial charge in [-0.1, -0.05) is 6.07 Å². The molecule has 25 heavy (non-hydrogen) atoms. The van der Waals surface area contributed by atoms with Crippen molar-refractivity contribution in [1.29, 1.82) is 0 Å². The van der Waals surface area contributed by atoms with E-state index in [0.717, 1.165) is 13.1 Å². The van der Waals surface area contributed by atoms with Crippen molar-refractivity contribution in [2.24, 2.45) is 0 Å². The Morgan fingerprint density at radius 3 is 2.80 bits per heavy atom. The van der Waals surface area contributed by atoms with Gasteiger partial charge < -0.3 is 14.8 Å². The SMILES string of the molecule is COc1cccc(OCC(=O)NCC(c2ccsc2)N2CCCC2)c1. The van der Waals surface area contributed by atoms with Gasteiger partial charge in [0.1, 0.15) is 11.5 Å². The van der Waals surface area contributed by atoms with Gasteiger partial charge in [-0.2, -0.15) is 11.3 Å². The number of carbonyl (C=O) groups excluding carboxylic acids is 1. The summed E-state index contributed by atoms with van der Waals surface area (Å²) in [4.78, 5) is 14.6. The van der Waals surface area contributed by atoms with Crippen LogP contribution in [0.2, 0.25) is 0 Å². The summed E-state index contributed by atoms with van der Waals surface area (Å²) >= 11 is 1.70. The van der Waals surface area contributed by atoms with Crippen LogP contribution in [0, 0.1) is 0 Å². The molecule has 0 saturated carbocycles. The Kier molecular flexibility index (Phi) is 6.30. The number of ether oxygens (including phenoxy) is 2. The first-order valence-electron chi connectivity index (χ1n) is 8.56. The highest BCUT2D eigenvalue weighted by atomic mass is 32.1. The van der Waals surface area contributed by atoms with Crippen molar-refractivity contribution in [2.45, 2.75) is 18.9 Å². The molecule has 0 bridgehead atoms. The zero-order chi connectivity index (χ0) is 17.5. The predicted molar refractivity (Wildman–Crippen MR) is 99.4 cm³/mol. The number of hydrogen-bond donors (Lipinski definition) is 1. The van der Waals surface area contributed by atoms with E-state index < -0.39 is 0 Å². The first-order chi connectivity index (χ1) is 12.3. The number of likely N-dealkylation sites (tertiary alicyclic amines) is 1. The molecule has 1 N–H and O–H groups in total. The van der Waals surface area contributed by atoms with Gasteiger partial charge in [-0.15, -0.1) is 0 Å². The Morgan fingerprint density at radius 2 is 2.08 bits per heavy atom. The molecule has 5 nitrogen and oxygen atoms in total. The number of nitrogens with zero attached hydrogens (tertiary/aromatic N) is 1. The van der Waals surface area contributed by atoms with E-state index >= 15 is 0 Å². The van der Waals surface area contributed by atoms with E-state index in [9.17, 15) is 4.79 Å². The third kappa shape index (κ3) is 4.96. The summed E-state index contributed by atoms with van der Waals surface area (Å²) in [5, 5.41) is 7.27. The van der Waals surface area contributed by atoms with Gasteiger partial charge in [0.05, 0.1) is 13.2 Å². The fourth-order valence-electron chi connectivity index (χ4n) is 3.08. The van der Waals surface area contributed by atoms with Crippen LogP contribution < -0.4 is 14.8 Å². The lowest BCUT2D eigenvalue weighted by atomic mass is 10.1. The van der Waals surface area contributed by atoms with Gasteiger partial charge in [0.2, 0.25) is 0 Å². The van der Waals surface area contributed by atoms with Crippen LogP contribution in [-0.2, 0) is 4.79 Å². The molecule has 1 unspecified atom stereocenters. The molecule has 3 rings (SSSR count). The monoisotopic (exact) mass is 360 g/mol. The zero-order valence-corrected chi connectivity index (χ0v) is 15.3. The fourth-order valence-corrected chi connectivity index (χ4v) is 3.78. The van der Waals surface area contributed by atoms with Crippen molar-refractivity contribution in [1.82, 2.24) is 10.2 Å². The highest BCUT2D eigenvalue weighted by Crippen LogP contribution is 2.26. The van der Waals surface area contributed by atoms with Gasteiger partial charge in [-0.05, 0) is 60.5 Å². The molecule has 0 spiro atoms. The number of methoxy groups -OCH3 is 1. The molecular formula is C19H24N2O3S. The highest BCUT2D eigenvalue weighted by molar-refractivity contribution is 7.07. The Bertz CT molecular complexity index is 669. The number of rotatable bonds is 8. The Labute approximate surface area is 152 Å². The number of amides is 1. The predicted octanol–water partition coefficient (Wildman–Crippen LogP) is 3.09. The van der Waals surface area contributed by atoms with Crippen molar-refractivity contribution in [3.63, 3.8) is 0 Å². The number of thiophene rings is 1. The lowest BCUT2D eigenvalue weighted by Gasteiger charge is -2.27. The van der Waals surface area contributed by atoms with Crippen molar-refractivity contribution in [3.05, 3.63) is 46.7 Å². The maximum Gasteiger partial charge on any atom is 0.258 e. The van der Waals surface area contributed by atoms with Gasteiger partial charge in [-0.25, -0.2) is 0 Å². The van der Waals surface area contributed by atoms with E-state index in [2.05, 4.69) is 27.0 Å². The molecule has 0 aliphatic carbocycles. The van der Waals surface area contributed by atoms with Gasteiger partial charge in [0.15, 0.2) is 6.61 Å². The maximum atomic E-state index is 12.2. The summed E-state index contributed by atoms with van der Waals surface area (Å²) in [6.07, 6.45) is 2.46. The van der Waals surface area contributed by atoms with Crippen LogP contribution in [0.15, 0.2) is 41.1 Å². The number of benzene rings is 1. The highest BCUT2D eigenvalue weighted by Gasteiger charge is 2.24. The molecule has 134 valence electrons. The largest absolute Gasteiger partial charge is 0.497 e. The van der Waals surface area contributed by atoms with E-state index in [1.165, 1.54) is 18.4 Å². The van der Waals surface area contributed by atoms with E-state index in [0.29, 0.717) is 18.0 Å². The van der Waals surface area contributed by atoms with E-state index in [4.69, 9.17) is 9.47 Å². The smallest absolute Gasteiger partial charge is 0.258 e. The van der Waals surface area contributed by atoms with Gasteiger partial charge in [-0.3, -0.25) is 9.69 Å². The summed E-state index contributed by atoms with van der Waals surface area (Å²) in [6, 6.07) is 9.65. The lowest BCUT2D eigenvalue weighted by Crippen LogP contribution is -2.38. The van der Waals surface area contributed by atoms with Crippen LogP contribution in [0.5, 0.6) is 11.5 Å². The van der Waals surface area contributed by atoms with Gasteiger partial charge >= 0.3 is 0 Å². The second-order valence-electron chi connectivity index (χ2n) is 6.09. The summed E-state index contributed by atoms with van der Waals surface area (Å²) in [5.74, 6) is 1.23.